The van der Waals surface area contributed by atoms with Crippen LogP contribution in [0.4, 0.5) is 0 Å². The van der Waals surface area contributed by atoms with Crippen LogP contribution in [0.25, 0.3) is 0 Å². The van der Waals surface area contributed by atoms with Gasteiger partial charge >= 0.3 is 0 Å². The summed E-state index contributed by atoms with van der Waals surface area (Å²) < 4.78 is 0. The molecule has 0 spiro atoms. The molecule has 0 nitrogen and oxygen atoms in total. The van der Waals surface area contributed by atoms with Gasteiger partial charge in [0.1, 0.15) is 0 Å². The minimum absolute atomic E-state index is 0.677. The van der Waals surface area contributed by atoms with E-state index in [0.717, 1.165) is 41.4 Å². The van der Waals surface area contributed by atoms with Crippen LogP contribution in [0.1, 0.15) is 118 Å². The summed E-state index contributed by atoms with van der Waals surface area (Å²) in [7, 11) is 0. The molecule has 4 rings (SSSR count). The molecule has 156 valence electrons. The third kappa shape index (κ3) is 3.44. The molecule has 0 bridgehead atoms. The van der Waals surface area contributed by atoms with Gasteiger partial charge in [-0.3, -0.25) is 0 Å². The minimum atomic E-state index is 0.677. The van der Waals surface area contributed by atoms with Crippen molar-refractivity contribution in [3.63, 3.8) is 0 Å². The second-order valence-corrected chi connectivity index (χ2v) is 12.4. The summed E-state index contributed by atoms with van der Waals surface area (Å²) in [5, 5.41) is 0. The van der Waals surface area contributed by atoms with E-state index in [1.807, 2.05) is 0 Å². The summed E-state index contributed by atoms with van der Waals surface area (Å²) in [5.74, 6) is 7.15. The number of hydrogen-bond donors (Lipinski definition) is 0. The first-order valence-corrected chi connectivity index (χ1v) is 12.9. The first-order chi connectivity index (χ1) is 12.9. The molecule has 4 aliphatic rings. The normalized spacial score (nSPS) is 48.0. The van der Waals surface area contributed by atoms with Crippen LogP contribution >= 0.6 is 0 Å². The van der Waals surface area contributed by atoms with Gasteiger partial charge in [0.05, 0.1) is 0 Å². The average molecular weight is 373 g/mol. The van der Waals surface area contributed by atoms with Gasteiger partial charge in [-0.05, 0) is 104 Å². The molecule has 6 unspecified atom stereocenters. The highest BCUT2D eigenvalue weighted by atomic mass is 14.6. The van der Waals surface area contributed by atoms with Gasteiger partial charge in [-0.15, -0.1) is 0 Å². The van der Waals surface area contributed by atoms with E-state index in [1.54, 1.807) is 51.4 Å². The molecule has 0 aromatic rings. The van der Waals surface area contributed by atoms with Crippen molar-refractivity contribution in [2.45, 2.75) is 118 Å². The van der Waals surface area contributed by atoms with Crippen molar-refractivity contribution in [2.75, 3.05) is 0 Å². The topological polar surface area (TPSA) is 0 Å². The maximum Gasteiger partial charge on any atom is -0.0264 e. The molecule has 0 heterocycles. The Morgan fingerprint density at radius 3 is 2.30 bits per heavy atom. The van der Waals surface area contributed by atoms with Crippen LogP contribution in [0.3, 0.4) is 0 Å². The van der Waals surface area contributed by atoms with Crippen LogP contribution in [0.15, 0.2) is 0 Å². The van der Waals surface area contributed by atoms with E-state index < -0.39 is 0 Å². The molecule has 0 radical (unpaired) electrons. The summed E-state index contributed by atoms with van der Waals surface area (Å²) in [5.41, 5.74) is 1.39. The van der Waals surface area contributed by atoms with Crippen molar-refractivity contribution in [1.82, 2.24) is 0 Å². The molecule has 27 heavy (non-hydrogen) atoms. The van der Waals surface area contributed by atoms with Crippen molar-refractivity contribution in [1.29, 1.82) is 0 Å². The second-order valence-electron chi connectivity index (χ2n) is 12.4. The van der Waals surface area contributed by atoms with E-state index in [4.69, 9.17) is 0 Å². The Kier molecular flexibility index (Phi) is 5.77. The lowest BCUT2D eigenvalue weighted by molar-refractivity contribution is -0.114. The molecular weight excluding hydrogens is 324 g/mol. The molecular formula is C27H48. The largest absolute Gasteiger partial charge is 0.0628 e. The molecule has 0 heteroatoms. The average Bonchev–Trinajstić information content (AvgIpc) is 2.98. The Bertz CT molecular complexity index is 506. The molecule has 0 amide bonds. The lowest BCUT2D eigenvalue weighted by Crippen LogP contribution is -2.53. The molecule has 0 saturated heterocycles. The monoisotopic (exact) mass is 372 g/mol. The van der Waals surface area contributed by atoms with Gasteiger partial charge in [0.25, 0.3) is 0 Å². The van der Waals surface area contributed by atoms with Crippen molar-refractivity contribution >= 4 is 0 Å². The Balaban J connectivity index is 1.46. The Hall–Kier alpha value is 0. The molecule has 0 aliphatic heterocycles. The Morgan fingerprint density at radius 2 is 1.52 bits per heavy atom. The summed E-state index contributed by atoms with van der Waals surface area (Å²) in [6.07, 6.45) is 19.9. The van der Waals surface area contributed by atoms with Gasteiger partial charge in [0, 0.05) is 0 Å². The van der Waals surface area contributed by atoms with Crippen LogP contribution in [-0.2, 0) is 0 Å². The number of hydrogen-bond acceptors (Lipinski definition) is 0. The third-order valence-corrected chi connectivity index (χ3v) is 10.8. The predicted octanol–water partition coefficient (Wildman–Crippen LogP) is 8.50. The van der Waals surface area contributed by atoms with Gasteiger partial charge in [0.2, 0.25) is 0 Å². The minimum Gasteiger partial charge on any atom is -0.0628 e. The fourth-order valence-corrected chi connectivity index (χ4v) is 9.32. The van der Waals surface area contributed by atoms with Crippen molar-refractivity contribution in [3.8, 4) is 0 Å². The van der Waals surface area contributed by atoms with E-state index in [2.05, 4.69) is 34.6 Å². The highest BCUT2D eigenvalue weighted by Crippen LogP contribution is 2.68. The molecule has 4 aliphatic carbocycles. The zero-order valence-corrected chi connectivity index (χ0v) is 19.2. The Labute approximate surface area is 170 Å². The van der Waals surface area contributed by atoms with Gasteiger partial charge in [-0.25, -0.2) is 0 Å². The highest BCUT2D eigenvalue weighted by Gasteiger charge is 2.59. The number of rotatable bonds is 5. The predicted molar refractivity (Wildman–Crippen MR) is 118 cm³/mol. The highest BCUT2D eigenvalue weighted by molar-refractivity contribution is 5.09. The molecule has 4 fully saturated rings. The zero-order chi connectivity index (χ0) is 19.2. The first kappa shape index (κ1) is 20.3. The van der Waals surface area contributed by atoms with E-state index in [9.17, 15) is 0 Å². The van der Waals surface area contributed by atoms with Gasteiger partial charge < -0.3 is 0 Å². The van der Waals surface area contributed by atoms with Gasteiger partial charge in [-0.1, -0.05) is 66.7 Å². The van der Waals surface area contributed by atoms with Crippen LogP contribution < -0.4 is 0 Å². The summed E-state index contributed by atoms with van der Waals surface area (Å²) >= 11 is 0. The summed E-state index contributed by atoms with van der Waals surface area (Å²) in [6, 6.07) is 0. The van der Waals surface area contributed by atoms with Crippen molar-refractivity contribution < 1.29 is 0 Å². The fraction of sp³-hybridized carbons (Fsp3) is 1.00. The molecule has 0 aromatic carbocycles. The van der Waals surface area contributed by atoms with Crippen LogP contribution in [0.5, 0.6) is 0 Å². The maximum atomic E-state index is 2.75. The van der Waals surface area contributed by atoms with Crippen LogP contribution in [-0.4, -0.2) is 0 Å². The SMILES string of the molecule is CC(C)CCCC(C)[C@H]1CCC2C3CCC4CCCC[C@]4(C)C3CCC21C. The van der Waals surface area contributed by atoms with E-state index in [1.165, 1.54) is 32.1 Å². The molecule has 0 aromatic heterocycles. The van der Waals surface area contributed by atoms with Crippen LogP contribution in [0.2, 0.25) is 0 Å². The lowest BCUT2D eigenvalue weighted by Gasteiger charge is -2.61. The van der Waals surface area contributed by atoms with E-state index in [0.29, 0.717) is 10.8 Å². The van der Waals surface area contributed by atoms with Crippen molar-refractivity contribution in [3.05, 3.63) is 0 Å². The van der Waals surface area contributed by atoms with Gasteiger partial charge in [-0.2, -0.15) is 0 Å². The summed E-state index contributed by atoms with van der Waals surface area (Å²) in [4.78, 5) is 0. The lowest BCUT2D eigenvalue weighted by atomic mass is 9.44. The quantitative estimate of drug-likeness (QED) is 0.453. The standard InChI is InChI=1S/C27H48/c1-19(2)9-8-10-20(3)23-14-15-24-22-13-12-21-11-6-7-17-26(21,4)25(22)16-18-27(23,24)5/h19-25H,6-18H2,1-5H3/t20?,21?,22?,23-,24?,25?,26+,27?/m1/s1. The smallest absolute Gasteiger partial charge is 0.0264 e. The third-order valence-electron chi connectivity index (χ3n) is 10.8. The first-order valence-electron chi connectivity index (χ1n) is 12.9. The summed E-state index contributed by atoms with van der Waals surface area (Å²) in [6.45, 7) is 12.9. The molecule has 4 saturated carbocycles. The number of fused-ring (bicyclic) bond motifs is 5. The van der Waals surface area contributed by atoms with E-state index in [-0.39, 0.29) is 0 Å². The zero-order valence-electron chi connectivity index (χ0n) is 19.2. The van der Waals surface area contributed by atoms with Crippen molar-refractivity contribution in [2.24, 2.45) is 52.3 Å². The van der Waals surface area contributed by atoms with Crippen LogP contribution in [0, 0.1) is 52.3 Å². The van der Waals surface area contributed by atoms with Gasteiger partial charge in [0.15, 0.2) is 0 Å². The molecule has 8 atom stereocenters. The van der Waals surface area contributed by atoms with E-state index >= 15 is 0 Å². The Morgan fingerprint density at radius 1 is 0.741 bits per heavy atom. The fourth-order valence-electron chi connectivity index (χ4n) is 9.32. The molecule has 0 N–H and O–H groups in total. The maximum absolute atomic E-state index is 2.75. The second kappa shape index (κ2) is 7.68.